The summed E-state index contributed by atoms with van der Waals surface area (Å²) in [4.78, 5) is 23.9. The number of alkyl halides is 1. The first-order valence-electron chi connectivity index (χ1n) is 8.27. The van der Waals surface area contributed by atoms with Crippen molar-refractivity contribution in [2.75, 3.05) is 0 Å². The average Bonchev–Trinajstić information content (AvgIpc) is 2.56. The molecule has 2 atom stereocenters. The van der Waals surface area contributed by atoms with Gasteiger partial charge in [0.15, 0.2) is 0 Å². The van der Waals surface area contributed by atoms with Crippen LogP contribution in [0.4, 0.5) is 4.39 Å². The van der Waals surface area contributed by atoms with Gasteiger partial charge in [0.2, 0.25) is 5.67 Å². The van der Waals surface area contributed by atoms with Gasteiger partial charge >= 0.3 is 11.9 Å². The van der Waals surface area contributed by atoms with E-state index in [1.807, 2.05) is 22.6 Å². The minimum absolute atomic E-state index is 0.0774. The molecule has 7 heteroatoms. The van der Waals surface area contributed by atoms with Crippen molar-refractivity contribution in [1.82, 2.24) is 0 Å². The fourth-order valence-corrected chi connectivity index (χ4v) is 4.06. The number of esters is 1. The van der Waals surface area contributed by atoms with Crippen molar-refractivity contribution in [3.63, 3.8) is 0 Å². The van der Waals surface area contributed by atoms with Gasteiger partial charge in [0, 0.05) is 0 Å². The van der Waals surface area contributed by atoms with Gasteiger partial charge in [0.25, 0.3) is 0 Å². The Morgan fingerprint density at radius 2 is 1.92 bits per heavy atom. The van der Waals surface area contributed by atoms with Crippen LogP contribution in [0.5, 0.6) is 5.75 Å². The van der Waals surface area contributed by atoms with E-state index in [4.69, 9.17) is 4.74 Å². The second kappa shape index (κ2) is 7.88. The lowest BCUT2D eigenvalue weighted by Crippen LogP contribution is -2.49. The van der Waals surface area contributed by atoms with E-state index in [0.717, 1.165) is 31.7 Å². The summed E-state index contributed by atoms with van der Waals surface area (Å²) in [6, 6.07) is 3.15. The molecule has 1 aromatic rings. The molecule has 0 aliphatic heterocycles. The van der Waals surface area contributed by atoms with Crippen LogP contribution in [-0.4, -0.2) is 33.9 Å². The minimum Gasteiger partial charge on any atom is -0.506 e. The summed E-state index contributed by atoms with van der Waals surface area (Å²) in [6.45, 7) is 2.69. The molecule has 2 rings (SSSR count). The van der Waals surface area contributed by atoms with Gasteiger partial charge in [-0.3, -0.25) is 0 Å². The van der Waals surface area contributed by atoms with Crippen molar-refractivity contribution < 1.29 is 28.9 Å². The highest BCUT2D eigenvalue weighted by atomic mass is 127. The normalized spacial score (nSPS) is 19.0. The molecule has 25 heavy (non-hydrogen) atoms. The Hall–Kier alpha value is -1.38. The van der Waals surface area contributed by atoms with E-state index in [-0.39, 0.29) is 17.2 Å². The van der Waals surface area contributed by atoms with Gasteiger partial charge in [-0.2, -0.15) is 0 Å². The molecule has 0 aromatic heterocycles. The lowest BCUT2D eigenvalue weighted by atomic mass is 9.79. The maximum absolute atomic E-state index is 14.9. The number of carbonyl (C=O) groups excluding carboxylic acids is 1. The molecule has 0 saturated heterocycles. The van der Waals surface area contributed by atoms with Gasteiger partial charge in [-0.15, -0.1) is 0 Å². The molecule has 5 nitrogen and oxygen atoms in total. The van der Waals surface area contributed by atoms with Crippen molar-refractivity contribution in [2.45, 2.75) is 57.7 Å². The van der Waals surface area contributed by atoms with Crippen molar-refractivity contribution in [1.29, 1.82) is 0 Å². The lowest BCUT2D eigenvalue weighted by Gasteiger charge is -2.35. The molecule has 1 aromatic carbocycles. The van der Waals surface area contributed by atoms with Crippen LogP contribution in [0.2, 0.25) is 0 Å². The first-order valence-corrected chi connectivity index (χ1v) is 9.35. The number of hydrogen-bond acceptors (Lipinski definition) is 4. The number of carbonyl (C=O) groups is 2. The molecule has 138 valence electrons. The lowest BCUT2D eigenvalue weighted by molar-refractivity contribution is -0.161. The quantitative estimate of drug-likeness (QED) is 0.504. The number of rotatable bonds is 5. The molecule has 1 aliphatic rings. The maximum atomic E-state index is 14.9. The van der Waals surface area contributed by atoms with Crippen LogP contribution < -0.4 is 0 Å². The number of aliphatic carboxylic acids is 1. The van der Waals surface area contributed by atoms with E-state index < -0.39 is 23.7 Å². The molecule has 1 aliphatic carbocycles. The monoisotopic (exact) mass is 464 g/mol. The molecule has 0 heterocycles. The van der Waals surface area contributed by atoms with Crippen molar-refractivity contribution in [3.8, 4) is 5.75 Å². The molecule has 0 bridgehead atoms. The summed E-state index contributed by atoms with van der Waals surface area (Å²) in [5.41, 5.74) is -2.03. The number of carboxylic acids is 1. The van der Waals surface area contributed by atoms with E-state index in [1.54, 1.807) is 13.0 Å². The predicted octanol–water partition coefficient (Wildman–Crippen LogP) is 4.22. The van der Waals surface area contributed by atoms with Crippen LogP contribution in [-0.2, 0) is 9.53 Å². The molecule has 0 amide bonds. The number of phenolic OH excluding ortho intramolecular Hbond substituents is 1. The largest absolute Gasteiger partial charge is 0.506 e. The van der Waals surface area contributed by atoms with Gasteiger partial charge in [-0.05, 0) is 72.9 Å². The number of aromatic hydroxyl groups is 1. The molecule has 2 N–H and O–H groups in total. The van der Waals surface area contributed by atoms with E-state index in [0.29, 0.717) is 16.4 Å². The molecule has 1 fully saturated rings. The second-order valence-electron chi connectivity index (χ2n) is 6.75. The third-order valence-corrected chi connectivity index (χ3v) is 5.51. The van der Waals surface area contributed by atoms with Gasteiger partial charge in [0.05, 0.1) is 3.57 Å². The van der Waals surface area contributed by atoms with E-state index in [9.17, 15) is 24.2 Å². The van der Waals surface area contributed by atoms with Gasteiger partial charge in [-0.1, -0.05) is 19.3 Å². The van der Waals surface area contributed by atoms with Crippen molar-refractivity contribution in [2.24, 2.45) is 5.92 Å². The van der Waals surface area contributed by atoms with Gasteiger partial charge < -0.3 is 14.9 Å². The molecule has 0 radical (unpaired) electrons. The van der Waals surface area contributed by atoms with Crippen LogP contribution in [0.1, 0.15) is 54.9 Å². The Kier molecular flexibility index (Phi) is 6.29. The summed E-state index contributed by atoms with van der Waals surface area (Å²) in [5, 5.41) is 19.4. The number of benzene rings is 1. The van der Waals surface area contributed by atoms with E-state index in [2.05, 4.69) is 0 Å². The van der Waals surface area contributed by atoms with Crippen LogP contribution in [0, 0.1) is 16.4 Å². The summed E-state index contributed by atoms with van der Waals surface area (Å²) in [6.07, 6.45) is 2.54. The maximum Gasteiger partial charge on any atom is 0.345 e. The van der Waals surface area contributed by atoms with Crippen LogP contribution in [0.15, 0.2) is 12.1 Å². The van der Waals surface area contributed by atoms with Crippen LogP contribution in [0.25, 0.3) is 0 Å². The fraction of sp³-hybridized carbons (Fsp3) is 0.556. The molecular formula is C18H22FIO5. The Balaban J connectivity index is 2.33. The molecular weight excluding hydrogens is 442 g/mol. The summed E-state index contributed by atoms with van der Waals surface area (Å²) >= 11 is 1.89. The molecule has 0 spiro atoms. The first kappa shape index (κ1) is 19.9. The summed E-state index contributed by atoms with van der Waals surface area (Å²) in [7, 11) is 0. The Labute approximate surface area is 159 Å². The minimum atomic E-state index is -2.69. The van der Waals surface area contributed by atoms with E-state index >= 15 is 0 Å². The number of carboxylic acid groups (broad SMARTS) is 1. The number of ether oxygens (including phenoxy) is 1. The standard InChI is InChI=1S/C18H22FIO5/c1-10-8-12(14(21)13(20)9-10)16(22)25-15(18(2,19)17(23)24)11-6-4-3-5-7-11/h8-9,11,15,21H,3-7H2,1-2H3,(H,23,24). The van der Waals surface area contributed by atoms with Crippen molar-refractivity contribution in [3.05, 3.63) is 26.8 Å². The van der Waals surface area contributed by atoms with Gasteiger partial charge in [0.1, 0.15) is 17.4 Å². The highest BCUT2D eigenvalue weighted by Crippen LogP contribution is 2.36. The van der Waals surface area contributed by atoms with Crippen molar-refractivity contribution >= 4 is 34.5 Å². The predicted molar refractivity (Wildman–Crippen MR) is 98.5 cm³/mol. The van der Waals surface area contributed by atoms with Crippen LogP contribution >= 0.6 is 22.6 Å². The number of phenols is 1. The highest BCUT2D eigenvalue weighted by Gasteiger charge is 2.49. The first-order chi connectivity index (χ1) is 11.6. The zero-order chi connectivity index (χ0) is 18.8. The fourth-order valence-electron chi connectivity index (χ4n) is 3.28. The zero-order valence-electron chi connectivity index (χ0n) is 14.2. The van der Waals surface area contributed by atoms with E-state index in [1.165, 1.54) is 6.07 Å². The topological polar surface area (TPSA) is 83.8 Å². The summed E-state index contributed by atoms with van der Waals surface area (Å²) < 4.78 is 20.7. The third kappa shape index (κ3) is 4.43. The average molecular weight is 464 g/mol. The Morgan fingerprint density at radius 3 is 2.48 bits per heavy atom. The summed E-state index contributed by atoms with van der Waals surface area (Å²) in [5.74, 6) is -3.15. The highest BCUT2D eigenvalue weighted by molar-refractivity contribution is 14.1. The Bertz CT molecular complexity index is 668. The SMILES string of the molecule is Cc1cc(I)c(O)c(C(=O)OC(C2CCCCC2)C(C)(F)C(=O)O)c1. The second-order valence-corrected chi connectivity index (χ2v) is 7.91. The van der Waals surface area contributed by atoms with Gasteiger partial charge in [-0.25, -0.2) is 14.0 Å². The Morgan fingerprint density at radius 1 is 1.32 bits per heavy atom. The van der Waals surface area contributed by atoms with Crippen LogP contribution in [0.3, 0.4) is 0 Å². The molecule has 1 saturated carbocycles. The third-order valence-electron chi connectivity index (χ3n) is 4.69. The molecule has 2 unspecified atom stereocenters. The number of halogens is 2. The zero-order valence-corrected chi connectivity index (χ0v) is 16.4. The smallest absolute Gasteiger partial charge is 0.345 e. The number of aryl methyl sites for hydroxylation is 1. The number of hydrogen-bond donors (Lipinski definition) is 2.